The van der Waals surface area contributed by atoms with Gasteiger partial charge >= 0.3 is 0 Å². The Bertz CT molecular complexity index is 739. The lowest BCUT2D eigenvalue weighted by molar-refractivity contribution is 0.0955. The summed E-state index contributed by atoms with van der Waals surface area (Å²) in [7, 11) is 0. The van der Waals surface area contributed by atoms with Gasteiger partial charge in [0.05, 0.1) is 6.21 Å². The molecule has 1 amide bonds. The number of benzene rings is 2. The van der Waals surface area contributed by atoms with Crippen LogP contribution in [0, 0.1) is 0 Å². The van der Waals surface area contributed by atoms with Crippen LogP contribution in [0.4, 0.5) is 0 Å². The van der Waals surface area contributed by atoms with Crippen LogP contribution in [0.5, 0.6) is 0 Å². The Balaban J connectivity index is 2.03. The molecule has 0 unspecified atom stereocenters. The van der Waals surface area contributed by atoms with Crippen molar-refractivity contribution in [1.82, 2.24) is 5.43 Å². The van der Waals surface area contributed by atoms with Crippen molar-refractivity contribution in [2.24, 2.45) is 5.10 Å². The Morgan fingerprint density at radius 3 is 2.64 bits per heavy atom. The maximum absolute atomic E-state index is 12.1. The number of hydrogen-bond donors (Lipinski definition) is 1. The third kappa shape index (κ3) is 7.06. The van der Waals surface area contributed by atoms with Crippen molar-refractivity contribution in [3.05, 3.63) is 75.8 Å². The molecule has 25 heavy (non-hydrogen) atoms. The summed E-state index contributed by atoms with van der Waals surface area (Å²) in [5, 5.41) is 4.14. The molecule has 0 aliphatic carbocycles. The molecule has 2 rings (SSSR count). The first-order valence-electron chi connectivity index (χ1n) is 8.53. The molecule has 0 radical (unpaired) electrons. The Hall–Kier alpha value is -2.20. The Morgan fingerprint density at radius 1 is 1.12 bits per heavy atom. The van der Waals surface area contributed by atoms with E-state index in [0.717, 1.165) is 28.5 Å². The van der Waals surface area contributed by atoms with Crippen LogP contribution in [0.1, 0.15) is 48.5 Å². The monoisotopic (exact) mass is 398 g/mol. The number of amides is 1. The number of unbranched alkanes of at least 4 members (excludes halogenated alkanes) is 2. The quantitative estimate of drug-likeness (QED) is 0.339. The summed E-state index contributed by atoms with van der Waals surface area (Å²) in [4.78, 5) is 12.1. The molecule has 0 aliphatic rings. The fraction of sp³-hybridized carbons (Fsp3) is 0.238. The molecule has 0 aliphatic heterocycles. The molecule has 2 aromatic carbocycles. The van der Waals surface area contributed by atoms with Crippen molar-refractivity contribution in [2.75, 3.05) is 0 Å². The zero-order valence-corrected chi connectivity index (χ0v) is 16.0. The fourth-order valence-electron chi connectivity index (χ4n) is 2.38. The summed E-state index contributed by atoms with van der Waals surface area (Å²) in [5.41, 5.74) is 5.42. The topological polar surface area (TPSA) is 41.5 Å². The molecule has 0 heterocycles. The van der Waals surface area contributed by atoms with Crippen LogP contribution < -0.4 is 5.43 Å². The third-order valence-corrected chi connectivity index (χ3v) is 4.20. The van der Waals surface area contributed by atoms with Gasteiger partial charge in [-0.1, -0.05) is 78.2 Å². The second-order valence-electron chi connectivity index (χ2n) is 5.80. The van der Waals surface area contributed by atoms with Gasteiger partial charge in [0, 0.05) is 10.0 Å². The van der Waals surface area contributed by atoms with E-state index in [9.17, 15) is 4.79 Å². The Kier molecular flexibility index (Phi) is 8.13. The molecular formula is C21H23BrN2O. The number of hydrogen-bond acceptors (Lipinski definition) is 2. The average Bonchev–Trinajstić information content (AvgIpc) is 2.62. The lowest BCUT2D eigenvalue weighted by Crippen LogP contribution is -2.17. The highest BCUT2D eigenvalue weighted by Gasteiger charge is 2.04. The van der Waals surface area contributed by atoms with Crippen LogP contribution >= 0.6 is 15.9 Å². The molecular weight excluding hydrogens is 376 g/mol. The van der Waals surface area contributed by atoms with E-state index in [1.165, 1.54) is 12.8 Å². The lowest BCUT2D eigenvalue weighted by Gasteiger charge is -2.04. The van der Waals surface area contributed by atoms with Crippen molar-refractivity contribution >= 4 is 34.1 Å². The van der Waals surface area contributed by atoms with Crippen LogP contribution in [0.3, 0.4) is 0 Å². The minimum absolute atomic E-state index is 0.217. The number of carbonyl (C=O) groups excluding carboxylic acids is 1. The van der Waals surface area contributed by atoms with Crippen molar-refractivity contribution in [3.8, 4) is 0 Å². The number of hydrazone groups is 1. The highest BCUT2D eigenvalue weighted by Crippen LogP contribution is 2.13. The lowest BCUT2D eigenvalue weighted by atomic mass is 10.1. The molecule has 0 saturated heterocycles. The summed E-state index contributed by atoms with van der Waals surface area (Å²) in [6, 6.07) is 17.4. The minimum atomic E-state index is -0.217. The zero-order chi connectivity index (χ0) is 17.9. The van der Waals surface area contributed by atoms with Gasteiger partial charge in [-0.15, -0.1) is 0 Å². The van der Waals surface area contributed by atoms with E-state index in [0.29, 0.717) is 5.56 Å². The number of nitrogens with one attached hydrogen (secondary N) is 1. The molecule has 2 aromatic rings. The van der Waals surface area contributed by atoms with E-state index >= 15 is 0 Å². The summed E-state index contributed by atoms with van der Waals surface area (Å²) in [6.45, 7) is 2.19. The first-order valence-corrected chi connectivity index (χ1v) is 9.33. The van der Waals surface area contributed by atoms with E-state index in [1.54, 1.807) is 18.3 Å². The summed E-state index contributed by atoms with van der Waals surface area (Å²) >= 11 is 3.37. The van der Waals surface area contributed by atoms with Crippen LogP contribution in [0.15, 0.2) is 69.7 Å². The van der Waals surface area contributed by atoms with E-state index in [4.69, 9.17) is 0 Å². The Morgan fingerprint density at radius 2 is 1.92 bits per heavy atom. The van der Waals surface area contributed by atoms with Crippen molar-refractivity contribution in [1.29, 1.82) is 0 Å². The molecule has 0 bridgehead atoms. The van der Waals surface area contributed by atoms with Gasteiger partial charge in [0.2, 0.25) is 0 Å². The van der Waals surface area contributed by atoms with Crippen molar-refractivity contribution < 1.29 is 4.79 Å². The molecule has 0 fully saturated rings. The molecule has 0 aromatic heterocycles. The van der Waals surface area contributed by atoms with Gasteiger partial charge in [-0.25, -0.2) is 5.43 Å². The summed E-state index contributed by atoms with van der Waals surface area (Å²) < 4.78 is 0.869. The zero-order valence-electron chi connectivity index (χ0n) is 14.4. The van der Waals surface area contributed by atoms with Gasteiger partial charge in [-0.2, -0.15) is 5.10 Å². The maximum Gasteiger partial charge on any atom is 0.271 e. The van der Waals surface area contributed by atoms with E-state index in [2.05, 4.69) is 51.6 Å². The van der Waals surface area contributed by atoms with Crippen LogP contribution in [0.2, 0.25) is 0 Å². The minimum Gasteiger partial charge on any atom is -0.267 e. The second-order valence-corrected chi connectivity index (χ2v) is 6.71. The molecule has 4 heteroatoms. The Labute approximate surface area is 158 Å². The molecule has 0 spiro atoms. The smallest absolute Gasteiger partial charge is 0.267 e. The highest BCUT2D eigenvalue weighted by atomic mass is 79.9. The van der Waals surface area contributed by atoms with Gasteiger partial charge in [-0.3, -0.25) is 4.79 Å². The largest absolute Gasteiger partial charge is 0.271 e. The summed E-state index contributed by atoms with van der Waals surface area (Å²) in [5.74, 6) is -0.217. The predicted molar refractivity (Wildman–Crippen MR) is 109 cm³/mol. The van der Waals surface area contributed by atoms with Gasteiger partial charge in [-0.05, 0) is 42.2 Å². The van der Waals surface area contributed by atoms with E-state index in [-0.39, 0.29) is 5.91 Å². The molecule has 1 N–H and O–H groups in total. The van der Waals surface area contributed by atoms with Gasteiger partial charge < -0.3 is 0 Å². The number of allylic oxidation sites excluding steroid dienone is 1. The predicted octanol–water partition coefficient (Wildman–Crippen LogP) is 5.83. The van der Waals surface area contributed by atoms with Crippen molar-refractivity contribution in [2.45, 2.75) is 32.6 Å². The average molecular weight is 399 g/mol. The SMILES string of the molecule is CCCCCC(/C=N/NC(=O)c1cccc(Br)c1)=C\c1ccccc1. The maximum atomic E-state index is 12.1. The second kappa shape index (κ2) is 10.6. The summed E-state index contributed by atoms with van der Waals surface area (Å²) in [6.07, 6.45) is 8.28. The highest BCUT2D eigenvalue weighted by molar-refractivity contribution is 9.10. The molecule has 0 atom stereocenters. The van der Waals surface area contributed by atoms with Crippen LogP contribution in [-0.2, 0) is 0 Å². The first kappa shape index (κ1) is 19.1. The van der Waals surface area contributed by atoms with Gasteiger partial charge in [0.15, 0.2) is 0 Å². The van der Waals surface area contributed by atoms with Gasteiger partial charge in [0.1, 0.15) is 0 Å². The fourth-order valence-corrected chi connectivity index (χ4v) is 2.78. The third-order valence-electron chi connectivity index (χ3n) is 3.70. The van der Waals surface area contributed by atoms with E-state index in [1.807, 2.05) is 30.3 Å². The van der Waals surface area contributed by atoms with Crippen LogP contribution in [-0.4, -0.2) is 12.1 Å². The van der Waals surface area contributed by atoms with Crippen molar-refractivity contribution in [3.63, 3.8) is 0 Å². The molecule has 0 saturated carbocycles. The van der Waals surface area contributed by atoms with E-state index < -0.39 is 0 Å². The number of rotatable bonds is 8. The van der Waals surface area contributed by atoms with Crippen LogP contribution in [0.25, 0.3) is 6.08 Å². The number of carbonyl (C=O) groups is 1. The molecule has 3 nitrogen and oxygen atoms in total. The standard InChI is InChI=1S/C21H23BrN2O/c1-2-3-5-11-18(14-17-9-6-4-7-10-17)16-23-24-21(25)19-12-8-13-20(22)15-19/h4,6-10,12-16H,2-3,5,11H2,1H3,(H,24,25)/b18-14+,23-16+. The van der Waals surface area contributed by atoms with Gasteiger partial charge in [0.25, 0.3) is 5.91 Å². The number of halogens is 1. The molecule has 130 valence electrons. The first-order chi connectivity index (χ1) is 12.2. The number of nitrogens with zero attached hydrogens (tertiary/aromatic N) is 1. The normalized spacial score (nSPS) is 11.7.